The number of thioether (sulfide) groups is 1. The topological polar surface area (TPSA) is 32.3 Å². The number of hydrogen-bond acceptors (Lipinski definition) is 3. The summed E-state index contributed by atoms with van der Waals surface area (Å²) in [5, 5.41) is 13.9. The lowest BCUT2D eigenvalue weighted by Crippen LogP contribution is -2.31. The van der Waals surface area contributed by atoms with Gasteiger partial charge < -0.3 is 10.4 Å². The molecule has 1 aliphatic rings. The lowest BCUT2D eigenvalue weighted by Gasteiger charge is -2.17. The van der Waals surface area contributed by atoms with Crippen molar-refractivity contribution in [2.24, 2.45) is 0 Å². The van der Waals surface area contributed by atoms with E-state index in [1.807, 2.05) is 11.8 Å². The number of nitrogens with one attached hydrogen (secondary N) is 1. The summed E-state index contributed by atoms with van der Waals surface area (Å²) in [5.74, 6) is -0.268. The fourth-order valence-corrected chi connectivity index (χ4v) is 3.86. The molecular weight excluding hydrogens is 280 g/mol. The van der Waals surface area contributed by atoms with Crippen molar-refractivity contribution in [3.63, 3.8) is 0 Å². The maximum absolute atomic E-state index is 13.5. The van der Waals surface area contributed by atoms with Gasteiger partial charge >= 0.3 is 0 Å². The van der Waals surface area contributed by atoms with E-state index in [2.05, 4.69) is 12.2 Å². The standard InChI is InChI=1S/C15H21F2NOS/c1-2-20-11-7-6-10(8-11)18-9-14(19)15-12(16)4-3-5-13(15)17/h3-5,10-11,14,18-19H,2,6-9H2,1H3. The Bertz CT molecular complexity index is 424. The zero-order chi connectivity index (χ0) is 14.5. The maximum Gasteiger partial charge on any atom is 0.131 e. The molecule has 0 amide bonds. The van der Waals surface area contributed by atoms with Gasteiger partial charge in [0.05, 0.1) is 11.7 Å². The summed E-state index contributed by atoms with van der Waals surface area (Å²) in [7, 11) is 0. The van der Waals surface area contributed by atoms with Crippen LogP contribution in [0.2, 0.25) is 0 Å². The Morgan fingerprint density at radius 1 is 1.35 bits per heavy atom. The first-order valence-electron chi connectivity index (χ1n) is 7.08. The lowest BCUT2D eigenvalue weighted by atomic mass is 10.1. The van der Waals surface area contributed by atoms with Crippen LogP contribution in [0, 0.1) is 11.6 Å². The first kappa shape index (κ1) is 15.7. The van der Waals surface area contributed by atoms with Crippen LogP contribution in [0.1, 0.15) is 37.9 Å². The lowest BCUT2D eigenvalue weighted by molar-refractivity contribution is 0.160. The highest BCUT2D eigenvalue weighted by Gasteiger charge is 2.25. The summed E-state index contributed by atoms with van der Waals surface area (Å²) in [6, 6.07) is 3.98. The quantitative estimate of drug-likeness (QED) is 0.846. The third kappa shape index (κ3) is 3.93. The molecule has 1 aromatic carbocycles. The van der Waals surface area contributed by atoms with Gasteiger partial charge in [-0.05, 0) is 37.1 Å². The smallest absolute Gasteiger partial charge is 0.131 e. The van der Waals surface area contributed by atoms with Gasteiger partial charge in [-0.2, -0.15) is 11.8 Å². The second-order valence-corrected chi connectivity index (χ2v) is 6.72. The number of rotatable bonds is 6. The molecule has 112 valence electrons. The molecule has 5 heteroatoms. The molecule has 2 N–H and O–H groups in total. The van der Waals surface area contributed by atoms with E-state index in [1.54, 1.807) is 0 Å². The van der Waals surface area contributed by atoms with Crippen LogP contribution in [0.5, 0.6) is 0 Å². The van der Waals surface area contributed by atoms with Crippen molar-refractivity contribution in [2.45, 2.75) is 43.6 Å². The van der Waals surface area contributed by atoms with Crippen molar-refractivity contribution in [3.8, 4) is 0 Å². The molecule has 3 atom stereocenters. The number of hydrogen-bond donors (Lipinski definition) is 2. The van der Waals surface area contributed by atoms with E-state index < -0.39 is 17.7 Å². The zero-order valence-electron chi connectivity index (χ0n) is 11.6. The molecule has 0 saturated heterocycles. The van der Waals surface area contributed by atoms with Crippen LogP contribution in [0.3, 0.4) is 0 Å². The van der Waals surface area contributed by atoms with E-state index in [-0.39, 0.29) is 12.1 Å². The summed E-state index contributed by atoms with van der Waals surface area (Å²) in [5.41, 5.74) is -0.238. The molecule has 0 spiro atoms. The summed E-state index contributed by atoms with van der Waals surface area (Å²) >= 11 is 1.96. The molecule has 1 aliphatic carbocycles. The molecule has 1 saturated carbocycles. The van der Waals surface area contributed by atoms with E-state index in [0.717, 1.165) is 18.6 Å². The average molecular weight is 301 g/mol. The number of aliphatic hydroxyl groups is 1. The van der Waals surface area contributed by atoms with Gasteiger partial charge in [0.1, 0.15) is 11.6 Å². The highest BCUT2D eigenvalue weighted by molar-refractivity contribution is 7.99. The summed E-state index contributed by atoms with van der Waals surface area (Å²) in [6.07, 6.45) is 2.14. The number of halogens is 2. The molecule has 3 unspecified atom stereocenters. The van der Waals surface area contributed by atoms with Gasteiger partial charge in [-0.25, -0.2) is 8.78 Å². The van der Waals surface area contributed by atoms with E-state index in [0.29, 0.717) is 11.3 Å². The number of benzene rings is 1. The Kier molecular flexibility index (Phi) is 5.81. The minimum Gasteiger partial charge on any atom is -0.387 e. The van der Waals surface area contributed by atoms with Gasteiger partial charge in [-0.15, -0.1) is 0 Å². The fourth-order valence-electron chi connectivity index (χ4n) is 2.72. The SMILES string of the molecule is CCSC1CCC(NCC(O)c2c(F)cccc2F)C1. The Morgan fingerprint density at radius 3 is 2.70 bits per heavy atom. The molecule has 0 aliphatic heterocycles. The van der Waals surface area contributed by atoms with Crippen molar-refractivity contribution in [3.05, 3.63) is 35.4 Å². The Balaban J connectivity index is 1.85. The van der Waals surface area contributed by atoms with Crippen molar-refractivity contribution in [1.82, 2.24) is 5.32 Å². The molecule has 0 radical (unpaired) electrons. The van der Waals surface area contributed by atoms with E-state index in [4.69, 9.17) is 0 Å². The minimum absolute atomic E-state index is 0.187. The molecule has 0 aromatic heterocycles. The van der Waals surface area contributed by atoms with Gasteiger partial charge in [0.25, 0.3) is 0 Å². The zero-order valence-corrected chi connectivity index (χ0v) is 12.4. The summed E-state index contributed by atoms with van der Waals surface area (Å²) < 4.78 is 27.1. The predicted octanol–water partition coefficient (Wildman–Crippen LogP) is 3.26. The molecule has 20 heavy (non-hydrogen) atoms. The van der Waals surface area contributed by atoms with Crippen molar-refractivity contribution < 1.29 is 13.9 Å². The third-order valence-electron chi connectivity index (χ3n) is 3.72. The van der Waals surface area contributed by atoms with Crippen LogP contribution < -0.4 is 5.32 Å². The van der Waals surface area contributed by atoms with Crippen LogP contribution in [-0.4, -0.2) is 28.7 Å². The van der Waals surface area contributed by atoms with Crippen LogP contribution in [0.4, 0.5) is 8.78 Å². The van der Waals surface area contributed by atoms with Gasteiger partial charge in [0, 0.05) is 17.8 Å². The van der Waals surface area contributed by atoms with Crippen molar-refractivity contribution in [1.29, 1.82) is 0 Å². The fraction of sp³-hybridized carbons (Fsp3) is 0.600. The van der Waals surface area contributed by atoms with Crippen molar-refractivity contribution >= 4 is 11.8 Å². The highest BCUT2D eigenvalue weighted by Crippen LogP contribution is 2.30. The van der Waals surface area contributed by atoms with E-state index >= 15 is 0 Å². The molecule has 1 aromatic rings. The van der Waals surface area contributed by atoms with Gasteiger partial charge in [0.2, 0.25) is 0 Å². The second kappa shape index (κ2) is 7.38. The third-order valence-corrected chi connectivity index (χ3v) is 4.95. The van der Waals surface area contributed by atoms with E-state index in [9.17, 15) is 13.9 Å². The normalized spacial score (nSPS) is 24.0. The summed E-state index contributed by atoms with van der Waals surface area (Å²) in [4.78, 5) is 0. The number of aliphatic hydroxyl groups excluding tert-OH is 1. The molecule has 2 rings (SSSR count). The first-order valence-corrected chi connectivity index (χ1v) is 8.13. The predicted molar refractivity (Wildman–Crippen MR) is 78.9 cm³/mol. The van der Waals surface area contributed by atoms with Gasteiger partial charge in [-0.3, -0.25) is 0 Å². The molecule has 2 nitrogen and oxygen atoms in total. The first-order chi connectivity index (χ1) is 9.61. The Hall–Kier alpha value is -0.650. The minimum atomic E-state index is -1.14. The van der Waals surface area contributed by atoms with Crippen LogP contribution in [0.15, 0.2) is 18.2 Å². The molecule has 0 heterocycles. The van der Waals surface area contributed by atoms with Crippen molar-refractivity contribution in [2.75, 3.05) is 12.3 Å². The average Bonchev–Trinajstić information content (AvgIpc) is 2.84. The molecular formula is C15H21F2NOS. The van der Waals surface area contributed by atoms with Crippen LogP contribution in [-0.2, 0) is 0 Å². The van der Waals surface area contributed by atoms with E-state index in [1.165, 1.54) is 24.6 Å². The maximum atomic E-state index is 13.5. The molecule has 1 fully saturated rings. The molecule has 0 bridgehead atoms. The highest BCUT2D eigenvalue weighted by atomic mass is 32.2. The van der Waals surface area contributed by atoms with Gasteiger partial charge in [0.15, 0.2) is 0 Å². The van der Waals surface area contributed by atoms with Crippen LogP contribution >= 0.6 is 11.8 Å². The van der Waals surface area contributed by atoms with Gasteiger partial charge in [-0.1, -0.05) is 13.0 Å². The Morgan fingerprint density at radius 2 is 2.05 bits per heavy atom. The monoisotopic (exact) mass is 301 g/mol. The van der Waals surface area contributed by atoms with Crippen LogP contribution in [0.25, 0.3) is 0 Å². The summed E-state index contributed by atoms with van der Waals surface area (Å²) in [6.45, 7) is 2.34. The Labute approximate surface area is 123 Å². The second-order valence-electron chi connectivity index (χ2n) is 5.15. The largest absolute Gasteiger partial charge is 0.387 e.